The van der Waals surface area contributed by atoms with Gasteiger partial charge in [0.05, 0.1) is 20.3 Å². The largest absolute Gasteiger partial charge is 0.468 e. The van der Waals surface area contributed by atoms with Crippen LogP contribution in [0.4, 0.5) is 4.39 Å². The van der Waals surface area contributed by atoms with Gasteiger partial charge in [-0.3, -0.25) is 14.0 Å². The van der Waals surface area contributed by atoms with Gasteiger partial charge in [-0.1, -0.05) is 0 Å². The van der Waals surface area contributed by atoms with Crippen molar-refractivity contribution in [3.8, 4) is 0 Å². The van der Waals surface area contributed by atoms with Crippen LogP contribution in [0.15, 0.2) is 18.3 Å². The Balaban J connectivity index is 1.66. The monoisotopic (exact) mass is 347 g/mol. The van der Waals surface area contributed by atoms with E-state index >= 15 is 0 Å². The lowest BCUT2D eigenvalue weighted by atomic mass is 9.81. The third-order valence-electron chi connectivity index (χ3n) is 5.18. The van der Waals surface area contributed by atoms with Gasteiger partial charge in [0.15, 0.2) is 5.69 Å². The quantitative estimate of drug-likeness (QED) is 0.759. The molecule has 132 valence electrons. The number of nitrogens with zero attached hydrogens (tertiary/aromatic N) is 3. The minimum absolute atomic E-state index is 0.147. The first kappa shape index (κ1) is 16.0. The smallest absolute Gasteiger partial charge is 0.316 e. The van der Waals surface area contributed by atoms with E-state index in [9.17, 15) is 14.0 Å². The number of carbonyl (C=O) groups excluding carboxylic acids is 2. The summed E-state index contributed by atoms with van der Waals surface area (Å²) in [6.07, 6.45) is 1.55. The van der Waals surface area contributed by atoms with Crippen LogP contribution in [0.2, 0.25) is 0 Å². The van der Waals surface area contributed by atoms with Gasteiger partial charge < -0.3 is 14.4 Å². The molecule has 4 heterocycles. The average Bonchev–Trinajstić information content (AvgIpc) is 3.24. The summed E-state index contributed by atoms with van der Waals surface area (Å²) in [7, 11) is 1.32. The van der Waals surface area contributed by atoms with Gasteiger partial charge in [0.2, 0.25) is 5.95 Å². The summed E-state index contributed by atoms with van der Waals surface area (Å²) in [5.41, 5.74) is 0.211. The number of carbonyl (C=O) groups is 2. The van der Waals surface area contributed by atoms with Gasteiger partial charge in [-0.2, -0.15) is 4.39 Å². The second kappa shape index (κ2) is 5.52. The number of aromatic nitrogens is 2. The highest BCUT2D eigenvalue weighted by molar-refractivity contribution is 5.94. The average molecular weight is 347 g/mol. The fourth-order valence-corrected chi connectivity index (χ4v) is 3.78. The summed E-state index contributed by atoms with van der Waals surface area (Å²) in [6.45, 7) is 2.93. The highest BCUT2D eigenvalue weighted by Crippen LogP contribution is 2.42. The number of aryl methyl sites for hydroxylation is 1. The lowest BCUT2D eigenvalue weighted by Crippen LogP contribution is -2.41. The molecule has 25 heavy (non-hydrogen) atoms. The van der Waals surface area contributed by atoms with E-state index in [1.807, 2.05) is 6.92 Å². The number of imidazole rings is 1. The molecule has 0 bridgehead atoms. The molecule has 0 aromatic carbocycles. The second-order valence-corrected chi connectivity index (χ2v) is 6.73. The maximum absolute atomic E-state index is 14.6. The fraction of sp³-hybridized carbons (Fsp3) is 0.471. The molecule has 0 spiro atoms. The van der Waals surface area contributed by atoms with Crippen LogP contribution >= 0.6 is 0 Å². The number of amides is 1. The number of methoxy groups -OCH3 is 1. The predicted octanol–water partition coefficient (Wildman–Crippen LogP) is 1.04. The van der Waals surface area contributed by atoms with E-state index in [0.29, 0.717) is 18.8 Å². The molecule has 7 nitrogen and oxygen atoms in total. The first-order valence-corrected chi connectivity index (χ1v) is 8.06. The van der Waals surface area contributed by atoms with Crippen LogP contribution in [0, 0.1) is 24.2 Å². The number of pyridine rings is 1. The van der Waals surface area contributed by atoms with Crippen molar-refractivity contribution in [2.24, 2.45) is 11.3 Å². The van der Waals surface area contributed by atoms with E-state index in [0.717, 1.165) is 5.56 Å². The molecule has 2 aliphatic rings. The van der Waals surface area contributed by atoms with Gasteiger partial charge in [0, 0.05) is 25.2 Å². The molecule has 2 saturated heterocycles. The van der Waals surface area contributed by atoms with Crippen LogP contribution in [0.5, 0.6) is 0 Å². The zero-order valence-electron chi connectivity index (χ0n) is 14.0. The molecule has 2 aliphatic heterocycles. The standard InChI is InChI=1S/C17H18FN3O4/c1-10-3-4-21-12(5-10)19-13(14(21)18)15(22)20-6-11-7-25-9-17(11,8-20)16(23)24-2/h3-5,11H,6-9H2,1-2H3/t11-,17-/m0/s1. The third kappa shape index (κ3) is 2.24. The lowest BCUT2D eigenvalue weighted by Gasteiger charge is -2.23. The van der Waals surface area contributed by atoms with Crippen molar-refractivity contribution in [2.45, 2.75) is 6.92 Å². The SMILES string of the molecule is COC(=O)[C@@]12COC[C@@H]1CN(C(=O)c1nc3cc(C)ccn3c1F)C2. The highest BCUT2D eigenvalue weighted by Gasteiger charge is 2.58. The van der Waals surface area contributed by atoms with Crippen molar-refractivity contribution < 1.29 is 23.5 Å². The number of ether oxygens (including phenoxy) is 2. The van der Waals surface area contributed by atoms with Crippen LogP contribution in [0.1, 0.15) is 16.1 Å². The summed E-state index contributed by atoms with van der Waals surface area (Å²) in [6, 6.07) is 3.46. The van der Waals surface area contributed by atoms with Gasteiger partial charge in [0.1, 0.15) is 11.1 Å². The Morgan fingerprint density at radius 2 is 2.28 bits per heavy atom. The maximum atomic E-state index is 14.6. The Morgan fingerprint density at radius 3 is 3.04 bits per heavy atom. The normalized spacial score (nSPS) is 25.4. The molecule has 0 N–H and O–H groups in total. The molecule has 2 aromatic heterocycles. The number of esters is 1. The number of likely N-dealkylation sites (tertiary alicyclic amines) is 1. The van der Waals surface area contributed by atoms with E-state index in [-0.39, 0.29) is 24.8 Å². The van der Waals surface area contributed by atoms with E-state index in [2.05, 4.69) is 4.98 Å². The maximum Gasteiger partial charge on any atom is 0.316 e. The van der Waals surface area contributed by atoms with Gasteiger partial charge in [0.25, 0.3) is 5.91 Å². The Hall–Kier alpha value is -2.48. The topological polar surface area (TPSA) is 73.1 Å². The fourth-order valence-electron chi connectivity index (χ4n) is 3.78. The molecule has 0 saturated carbocycles. The summed E-state index contributed by atoms with van der Waals surface area (Å²) < 4.78 is 26.2. The van der Waals surface area contributed by atoms with Crippen molar-refractivity contribution >= 4 is 17.5 Å². The molecule has 1 amide bonds. The predicted molar refractivity (Wildman–Crippen MR) is 84.5 cm³/mol. The molecule has 2 fully saturated rings. The molecule has 2 aromatic rings. The lowest BCUT2D eigenvalue weighted by molar-refractivity contribution is -0.153. The Morgan fingerprint density at radius 1 is 1.48 bits per heavy atom. The Bertz CT molecular complexity index is 880. The van der Waals surface area contributed by atoms with Crippen molar-refractivity contribution in [1.29, 1.82) is 0 Å². The molecule has 8 heteroatoms. The zero-order chi connectivity index (χ0) is 17.8. The summed E-state index contributed by atoms with van der Waals surface area (Å²) in [5, 5.41) is 0. The van der Waals surface area contributed by atoms with E-state index in [4.69, 9.17) is 9.47 Å². The van der Waals surface area contributed by atoms with E-state index in [1.165, 1.54) is 16.4 Å². The Labute approximate surface area is 143 Å². The van der Waals surface area contributed by atoms with Crippen LogP contribution in [0.3, 0.4) is 0 Å². The number of rotatable bonds is 2. The summed E-state index contributed by atoms with van der Waals surface area (Å²) in [4.78, 5) is 30.7. The molecular weight excluding hydrogens is 329 g/mol. The number of hydrogen-bond acceptors (Lipinski definition) is 5. The third-order valence-corrected chi connectivity index (χ3v) is 5.18. The first-order chi connectivity index (χ1) is 12.0. The van der Waals surface area contributed by atoms with Crippen LogP contribution < -0.4 is 0 Å². The van der Waals surface area contributed by atoms with Gasteiger partial charge in [-0.05, 0) is 24.6 Å². The highest BCUT2D eigenvalue weighted by atomic mass is 19.1. The van der Waals surface area contributed by atoms with Crippen LogP contribution in [-0.2, 0) is 14.3 Å². The Kier molecular flexibility index (Phi) is 3.54. The number of halogens is 1. The van der Waals surface area contributed by atoms with Crippen LogP contribution in [-0.4, -0.2) is 59.6 Å². The minimum Gasteiger partial charge on any atom is -0.468 e. The molecule has 0 unspecified atom stereocenters. The minimum atomic E-state index is -0.864. The first-order valence-electron chi connectivity index (χ1n) is 8.06. The van der Waals surface area contributed by atoms with Crippen molar-refractivity contribution in [3.63, 3.8) is 0 Å². The molecule has 2 atom stereocenters. The molecular formula is C17H18FN3O4. The number of hydrogen-bond donors (Lipinski definition) is 0. The van der Waals surface area contributed by atoms with E-state index < -0.39 is 23.2 Å². The van der Waals surface area contributed by atoms with E-state index in [1.54, 1.807) is 18.3 Å². The van der Waals surface area contributed by atoms with Gasteiger partial charge in [-0.25, -0.2) is 4.98 Å². The molecule has 0 radical (unpaired) electrons. The van der Waals surface area contributed by atoms with Gasteiger partial charge in [-0.15, -0.1) is 0 Å². The van der Waals surface area contributed by atoms with Crippen molar-refractivity contribution in [3.05, 3.63) is 35.5 Å². The zero-order valence-corrected chi connectivity index (χ0v) is 14.0. The summed E-state index contributed by atoms with van der Waals surface area (Å²) >= 11 is 0. The molecule has 4 rings (SSSR count). The van der Waals surface area contributed by atoms with Crippen LogP contribution in [0.25, 0.3) is 5.65 Å². The number of fused-ring (bicyclic) bond motifs is 2. The van der Waals surface area contributed by atoms with Crippen molar-refractivity contribution in [2.75, 3.05) is 33.4 Å². The second-order valence-electron chi connectivity index (χ2n) is 6.73. The summed E-state index contributed by atoms with van der Waals surface area (Å²) in [5.74, 6) is -1.75. The van der Waals surface area contributed by atoms with Gasteiger partial charge >= 0.3 is 5.97 Å². The van der Waals surface area contributed by atoms with Crippen molar-refractivity contribution in [1.82, 2.24) is 14.3 Å². The molecule has 0 aliphatic carbocycles.